The summed E-state index contributed by atoms with van der Waals surface area (Å²) in [5.74, 6) is 0.560. The predicted octanol–water partition coefficient (Wildman–Crippen LogP) is 3.71. The van der Waals surface area contributed by atoms with Crippen molar-refractivity contribution in [2.24, 2.45) is 5.41 Å². The lowest BCUT2D eigenvalue weighted by Gasteiger charge is -2.33. The maximum Gasteiger partial charge on any atom is 0.422 e. The molecule has 0 fully saturated rings. The van der Waals surface area contributed by atoms with E-state index in [2.05, 4.69) is 10.1 Å². The van der Waals surface area contributed by atoms with E-state index in [0.29, 0.717) is 17.1 Å². The van der Waals surface area contributed by atoms with Crippen molar-refractivity contribution >= 4 is 16.0 Å². The first-order valence-corrected chi connectivity index (χ1v) is 12.7. The summed E-state index contributed by atoms with van der Waals surface area (Å²) in [5.41, 5.74) is -0.505. The first-order valence-electron chi connectivity index (χ1n) is 10.9. The molecule has 13 heteroatoms. The quantitative estimate of drug-likeness (QED) is 0.377. The summed E-state index contributed by atoms with van der Waals surface area (Å²) < 4.78 is 86.2. The van der Waals surface area contributed by atoms with Gasteiger partial charge in [0.25, 0.3) is 16.0 Å². The number of nitrogens with one attached hydrogen (secondary N) is 1. The maximum atomic E-state index is 13.2. The molecular formula is C24H30F3NO8S. The molecule has 2 rings (SSSR count). The largest absolute Gasteiger partial charge is 0.497 e. The van der Waals surface area contributed by atoms with E-state index >= 15 is 0 Å². The Kier molecular flexibility index (Phi) is 10.0. The molecule has 1 unspecified atom stereocenters. The normalized spacial score (nSPS) is 13.0. The Balaban J connectivity index is 2.22. The fraction of sp³-hybridized carbons (Fsp3) is 0.458. The zero-order chi connectivity index (χ0) is 27.9. The van der Waals surface area contributed by atoms with Crippen LogP contribution in [0.3, 0.4) is 0 Å². The predicted molar refractivity (Wildman–Crippen MR) is 128 cm³/mol. The molecule has 9 nitrogen and oxygen atoms in total. The molecule has 0 spiro atoms. The average Bonchev–Trinajstić information content (AvgIpc) is 2.83. The molecule has 0 heterocycles. The molecule has 0 radical (unpaired) electrons. The van der Waals surface area contributed by atoms with Crippen molar-refractivity contribution in [2.75, 3.05) is 33.7 Å². The number of carbonyl (C=O) groups excluding carboxylic acids is 1. The highest BCUT2D eigenvalue weighted by Crippen LogP contribution is 2.29. The van der Waals surface area contributed by atoms with Gasteiger partial charge in [-0.05, 0) is 36.4 Å². The third kappa shape index (κ3) is 10.00. The molecule has 1 atom stereocenters. The minimum atomic E-state index is -4.49. The number of methoxy groups -OCH3 is 2. The number of alkyl halides is 3. The van der Waals surface area contributed by atoms with Gasteiger partial charge in [0, 0.05) is 23.6 Å². The van der Waals surface area contributed by atoms with Crippen LogP contribution in [0.5, 0.6) is 23.0 Å². The molecule has 1 amide bonds. The van der Waals surface area contributed by atoms with E-state index < -0.39 is 40.3 Å². The molecule has 0 aliphatic carbocycles. The van der Waals surface area contributed by atoms with E-state index in [0.717, 1.165) is 6.26 Å². The van der Waals surface area contributed by atoms with Gasteiger partial charge < -0.3 is 24.3 Å². The molecule has 0 aliphatic rings. The highest BCUT2D eigenvalue weighted by Gasteiger charge is 2.39. The van der Waals surface area contributed by atoms with Crippen LogP contribution in [-0.4, -0.2) is 60.3 Å². The van der Waals surface area contributed by atoms with E-state index in [1.165, 1.54) is 38.5 Å². The number of amides is 1. The molecule has 37 heavy (non-hydrogen) atoms. The first kappa shape index (κ1) is 30.0. The van der Waals surface area contributed by atoms with Crippen molar-refractivity contribution in [1.29, 1.82) is 0 Å². The number of benzene rings is 2. The Hall–Kier alpha value is -3.19. The van der Waals surface area contributed by atoms with Gasteiger partial charge in [0.15, 0.2) is 12.7 Å². The highest BCUT2D eigenvalue weighted by molar-refractivity contribution is 7.85. The van der Waals surface area contributed by atoms with Crippen LogP contribution in [0, 0.1) is 5.41 Å². The molecule has 206 valence electrons. The van der Waals surface area contributed by atoms with E-state index in [9.17, 15) is 26.4 Å². The summed E-state index contributed by atoms with van der Waals surface area (Å²) in [7, 11) is -0.829. The smallest absolute Gasteiger partial charge is 0.422 e. The number of ether oxygens (including phenoxy) is 4. The van der Waals surface area contributed by atoms with Crippen molar-refractivity contribution in [1.82, 2.24) is 5.32 Å². The lowest BCUT2D eigenvalue weighted by atomic mass is 9.86. The fourth-order valence-corrected chi connectivity index (χ4v) is 3.61. The SMILES string of the molecule is COc1ccc(CNC(=O)C(Oc2ccc(OCC(F)(F)F)cc2)C(C)(C)COS(C)(=O)=O)c(OC)c1. The van der Waals surface area contributed by atoms with Crippen molar-refractivity contribution in [3.8, 4) is 23.0 Å². The van der Waals surface area contributed by atoms with Crippen LogP contribution in [0.15, 0.2) is 42.5 Å². The molecule has 2 aromatic carbocycles. The van der Waals surface area contributed by atoms with Crippen LogP contribution in [-0.2, 0) is 25.6 Å². The fourth-order valence-electron chi connectivity index (χ4n) is 3.09. The molecule has 1 N–H and O–H groups in total. The Morgan fingerprint density at radius 3 is 2.08 bits per heavy atom. The third-order valence-corrected chi connectivity index (χ3v) is 5.57. The lowest BCUT2D eigenvalue weighted by molar-refractivity contribution is -0.153. The summed E-state index contributed by atoms with van der Waals surface area (Å²) in [4.78, 5) is 13.2. The van der Waals surface area contributed by atoms with Gasteiger partial charge >= 0.3 is 6.18 Å². The van der Waals surface area contributed by atoms with Crippen molar-refractivity contribution in [3.05, 3.63) is 48.0 Å². The van der Waals surface area contributed by atoms with E-state index in [1.54, 1.807) is 32.0 Å². The van der Waals surface area contributed by atoms with Gasteiger partial charge in [0.05, 0.1) is 27.1 Å². The van der Waals surface area contributed by atoms with Crippen LogP contribution < -0.4 is 24.3 Å². The number of hydrogen-bond acceptors (Lipinski definition) is 8. The van der Waals surface area contributed by atoms with E-state index in [-0.39, 0.29) is 24.7 Å². The van der Waals surface area contributed by atoms with E-state index in [4.69, 9.17) is 18.4 Å². The van der Waals surface area contributed by atoms with Gasteiger partial charge in [-0.1, -0.05) is 13.8 Å². The monoisotopic (exact) mass is 549 g/mol. The third-order valence-electron chi connectivity index (χ3n) is 5.02. The van der Waals surface area contributed by atoms with Crippen molar-refractivity contribution < 1.29 is 49.5 Å². The Morgan fingerprint density at radius 2 is 1.54 bits per heavy atom. The summed E-state index contributed by atoms with van der Waals surface area (Å²) in [6.07, 6.45) is -4.86. The van der Waals surface area contributed by atoms with Gasteiger partial charge in [0.2, 0.25) is 0 Å². The molecule has 0 aliphatic heterocycles. The zero-order valence-electron chi connectivity index (χ0n) is 21.0. The van der Waals surface area contributed by atoms with Crippen LogP contribution in [0.25, 0.3) is 0 Å². The van der Waals surface area contributed by atoms with Crippen LogP contribution in [0.2, 0.25) is 0 Å². The van der Waals surface area contributed by atoms with Gasteiger partial charge in [-0.15, -0.1) is 0 Å². The van der Waals surface area contributed by atoms with Crippen molar-refractivity contribution in [2.45, 2.75) is 32.7 Å². The van der Waals surface area contributed by atoms with Gasteiger partial charge in [0.1, 0.15) is 23.0 Å². The molecule has 2 aromatic rings. The van der Waals surface area contributed by atoms with Crippen LogP contribution in [0.4, 0.5) is 13.2 Å². The standard InChI is InChI=1S/C24H30F3NO8S/c1-23(2,14-35-37(5,30)31)21(36-18-10-8-17(9-11-18)34-15-24(25,26)27)22(29)28-13-16-6-7-19(32-3)12-20(16)33-4/h6-12,21H,13-15H2,1-5H3,(H,28,29). The lowest BCUT2D eigenvalue weighted by Crippen LogP contribution is -2.49. The van der Waals surface area contributed by atoms with Crippen molar-refractivity contribution in [3.63, 3.8) is 0 Å². The number of rotatable bonds is 13. The highest BCUT2D eigenvalue weighted by atomic mass is 32.2. The summed E-state index contributed by atoms with van der Waals surface area (Å²) in [6, 6.07) is 10.3. The number of halogens is 3. The first-order chi connectivity index (χ1) is 17.1. The van der Waals surface area contributed by atoms with Gasteiger partial charge in [-0.25, -0.2) is 0 Å². The second kappa shape index (κ2) is 12.4. The van der Waals surface area contributed by atoms with Gasteiger partial charge in [-0.2, -0.15) is 21.6 Å². The average molecular weight is 550 g/mol. The van der Waals surface area contributed by atoms with Crippen LogP contribution >= 0.6 is 0 Å². The zero-order valence-corrected chi connectivity index (χ0v) is 21.9. The second-order valence-electron chi connectivity index (χ2n) is 8.72. The molecule has 0 saturated carbocycles. The Labute approximate surface area is 213 Å². The number of hydrogen-bond donors (Lipinski definition) is 1. The maximum absolute atomic E-state index is 13.2. The molecule has 0 bridgehead atoms. The van der Waals surface area contributed by atoms with Gasteiger partial charge in [-0.3, -0.25) is 8.98 Å². The minimum Gasteiger partial charge on any atom is -0.497 e. The van der Waals surface area contributed by atoms with E-state index in [1.807, 2.05) is 0 Å². The van der Waals surface area contributed by atoms with Crippen LogP contribution in [0.1, 0.15) is 19.4 Å². The summed E-state index contributed by atoms with van der Waals surface area (Å²) >= 11 is 0. The summed E-state index contributed by atoms with van der Waals surface area (Å²) in [6.45, 7) is 1.39. The molecule has 0 aromatic heterocycles. The Morgan fingerprint density at radius 1 is 0.946 bits per heavy atom. The number of carbonyl (C=O) groups is 1. The Bertz CT molecular complexity index is 1150. The topological polar surface area (TPSA) is 109 Å². The molecular weight excluding hydrogens is 519 g/mol. The second-order valence-corrected chi connectivity index (χ2v) is 10.4. The molecule has 0 saturated heterocycles. The summed E-state index contributed by atoms with van der Waals surface area (Å²) in [5, 5.41) is 2.74. The minimum absolute atomic E-state index is 0.0445.